The number of rotatable bonds is 8. The van der Waals surface area contributed by atoms with Crippen LogP contribution in [0.4, 0.5) is 4.79 Å². The first-order valence-electron chi connectivity index (χ1n) is 8.32. The van der Waals surface area contributed by atoms with Gasteiger partial charge in [0.1, 0.15) is 0 Å². The molecule has 0 spiro atoms. The summed E-state index contributed by atoms with van der Waals surface area (Å²) in [5, 5.41) is 13.1. The predicted octanol–water partition coefficient (Wildman–Crippen LogP) is 3.68. The summed E-state index contributed by atoms with van der Waals surface area (Å²) in [7, 11) is 0. The number of hydrogen-bond acceptors (Lipinski definition) is 7. The molecule has 1 aliphatic rings. The topological polar surface area (TPSA) is 84.0 Å². The van der Waals surface area contributed by atoms with E-state index < -0.39 is 6.03 Å². The van der Waals surface area contributed by atoms with Crippen molar-refractivity contribution in [2.45, 2.75) is 72.3 Å². The maximum atomic E-state index is 12.1. The van der Waals surface area contributed by atoms with Crippen LogP contribution in [-0.4, -0.2) is 39.2 Å². The van der Waals surface area contributed by atoms with Gasteiger partial charge in [-0.2, -0.15) is 0 Å². The summed E-state index contributed by atoms with van der Waals surface area (Å²) in [5.41, 5.74) is 0. The van der Waals surface area contributed by atoms with E-state index in [1.54, 1.807) is 18.7 Å². The van der Waals surface area contributed by atoms with Crippen LogP contribution in [0.3, 0.4) is 0 Å². The molecule has 9 heteroatoms. The van der Waals surface area contributed by atoms with E-state index in [1.807, 2.05) is 0 Å². The van der Waals surface area contributed by atoms with Gasteiger partial charge in [0.2, 0.25) is 5.91 Å². The summed E-state index contributed by atoms with van der Waals surface area (Å²) >= 11 is 4.53. The molecule has 6 nitrogen and oxygen atoms in total. The molecule has 24 heavy (non-hydrogen) atoms. The number of amides is 3. The lowest BCUT2D eigenvalue weighted by Gasteiger charge is -2.14. The highest BCUT2D eigenvalue weighted by molar-refractivity contribution is 8.03. The van der Waals surface area contributed by atoms with Gasteiger partial charge in [0, 0.05) is 11.8 Å². The van der Waals surface area contributed by atoms with Gasteiger partial charge in [-0.15, -0.1) is 10.2 Å². The molecule has 2 rings (SSSR count). The van der Waals surface area contributed by atoms with Crippen molar-refractivity contribution in [2.75, 3.05) is 5.75 Å². The van der Waals surface area contributed by atoms with Crippen molar-refractivity contribution in [3.8, 4) is 0 Å². The first-order chi connectivity index (χ1) is 11.6. The molecule has 0 radical (unpaired) electrons. The number of carbonyl (C=O) groups excluding carboxylic acids is 2. The summed E-state index contributed by atoms with van der Waals surface area (Å²) < 4.78 is 1.69. The van der Waals surface area contributed by atoms with Crippen molar-refractivity contribution >= 4 is 46.8 Å². The van der Waals surface area contributed by atoms with E-state index in [2.05, 4.69) is 27.8 Å². The van der Waals surface area contributed by atoms with E-state index in [4.69, 9.17) is 0 Å². The maximum Gasteiger partial charge on any atom is 0.321 e. The van der Waals surface area contributed by atoms with E-state index in [0.717, 1.165) is 53.0 Å². The van der Waals surface area contributed by atoms with Gasteiger partial charge in [0.15, 0.2) is 8.68 Å². The number of urea groups is 1. The van der Waals surface area contributed by atoms with Crippen LogP contribution >= 0.6 is 34.9 Å². The zero-order valence-corrected chi connectivity index (χ0v) is 16.5. The van der Waals surface area contributed by atoms with Gasteiger partial charge in [-0.1, -0.05) is 61.0 Å². The number of hydrogen-bond donors (Lipinski definition) is 2. The number of carbonyl (C=O) groups is 2. The van der Waals surface area contributed by atoms with Gasteiger partial charge in [-0.3, -0.25) is 10.1 Å². The third kappa shape index (κ3) is 6.60. The summed E-state index contributed by atoms with van der Waals surface area (Å²) in [6.45, 7) is 3.93. The molecular formula is C15H24N4O2S3. The Bertz CT molecular complexity index is 547. The standard InChI is InChI=1S/C15H24N4O2S3/c1-3-4-9-22-14-18-19-15(24-14)23-10(2)12(20)17-13(21)16-11-7-5-6-8-11/h10-11H,3-9H2,1-2H3,(H2,16,17,20,21)/t10-/m0/s1. The van der Waals surface area contributed by atoms with Crippen LogP contribution in [-0.2, 0) is 4.79 Å². The third-order valence-corrected chi connectivity index (χ3v) is 7.01. The van der Waals surface area contributed by atoms with Crippen LogP contribution in [0.15, 0.2) is 8.68 Å². The van der Waals surface area contributed by atoms with Gasteiger partial charge in [-0.05, 0) is 26.2 Å². The van der Waals surface area contributed by atoms with E-state index in [9.17, 15) is 9.59 Å². The molecule has 3 amide bonds. The second kappa shape index (κ2) is 10.2. The molecule has 0 unspecified atom stereocenters. The lowest BCUT2D eigenvalue weighted by molar-refractivity contribution is -0.119. The molecule has 1 heterocycles. The lowest BCUT2D eigenvalue weighted by atomic mass is 10.2. The van der Waals surface area contributed by atoms with Gasteiger partial charge in [-0.25, -0.2) is 4.79 Å². The van der Waals surface area contributed by atoms with Crippen molar-refractivity contribution in [3.05, 3.63) is 0 Å². The Labute approximate surface area is 155 Å². The Morgan fingerprint density at radius 3 is 2.71 bits per heavy atom. The highest BCUT2D eigenvalue weighted by Gasteiger charge is 2.22. The zero-order chi connectivity index (χ0) is 17.4. The number of aromatic nitrogens is 2. The van der Waals surface area contributed by atoms with Crippen molar-refractivity contribution in [3.63, 3.8) is 0 Å². The molecule has 0 bridgehead atoms. The number of unbranched alkanes of at least 4 members (excludes halogenated alkanes) is 1. The molecule has 1 atom stereocenters. The Morgan fingerprint density at radius 1 is 1.29 bits per heavy atom. The van der Waals surface area contributed by atoms with Crippen LogP contribution in [0.2, 0.25) is 0 Å². The minimum Gasteiger partial charge on any atom is -0.335 e. The normalized spacial score (nSPS) is 16.1. The average Bonchev–Trinajstić information content (AvgIpc) is 3.19. The highest BCUT2D eigenvalue weighted by atomic mass is 32.2. The quantitative estimate of drug-likeness (QED) is 0.522. The number of thioether (sulfide) groups is 2. The SMILES string of the molecule is CCCCSc1nnc(S[C@@H](C)C(=O)NC(=O)NC2CCCC2)s1. The van der Waals surface area contributed by atoms with E-state index in [0.29, 0.717) is 0 Å². The second-order valence-corrected chi connectivity index (χ2v) is 9.65. The molecule has 0 aliphatic heterocycles. The van der Waals surface area contributed by atoms with E-state index in [-0.39, 0.29) is 17.2 Å². The Morgan fingerprint density at radius 2 is 2.00 bits per heavy atom. The smallest absolute Gasteiger partial charge is 0.321 e. The molecule has 0 saturated heterocycles. The van der Waals surface area contributed by atoms with Crippen molar-refractivity contribution in [1.82, 2.24) is 20.8 Å². The number of nitrogens with zero attached hydrogens (tertiary/aromatic N) is 2. The minimum absolute atomic E-state index is 0.201. The van der Waals surface area contributed by atoms with Crippen molar-refractivity contribution in [2.24, 2.45) is 0 Å². The van der Waals surface area contributed by atoms with Crippen LogP contribution < -0.4 is 10.6 Å². The third-order valence-electron chi connectivity index (χ3n) is 3.69. The molecule has 1 fully saturated rings. The number of nitrogens with one attached hydrogen (secondary N) is 2. The fraction of sp³-hybridized carbons (Fsp3) is 0.733. The van der Waals surface area contributed by atoms with Crippen LogP contribution in [0.5, 0.6) is 0 Å². The lowest BCUT2D eigenvalue weighted by Crippen LogP contribution is -2.45. The van der Waals surface area contributed by atoms with Gasteiger partial charge < -0.3 is 5.32 Å². The van der Waals surface area contributed by atoms with Gasteiger partial charge >= 0.3 is 6.03 Å². The van der Waals surface area contributed by atoms with Crippen LogP contribution in [0.25, 0.3) is 0 Å². The molecule has 2 N–H and O–H groups in total. The second-order valence-electron chi connectivity index (χ2n) is 5.74. The highest BCUT2D eigenvalue weighted by Crippen LogP contribution is 2.31. The molecular weight excluding hydrogens is 364 g/mol. The summed E-state index contributed by atoms with van der Waals surface area (Å²) in [6, 6.07) is -0.195. The summed E-state index contributed by atoms with van der Waals surface area (Å²) in [6.07, 6.45) is 6.58. The van der Waals surface area contributed by atoms with Crippen molar-refractivity contribution < 1.29 is 9.59 Å². The van der Waals surface area contributed by atoms with E-state index in [1.165, 1.54) is 23.1 Å². The molecule has 1 aromatic rings. The van der Waals surface area contributed by atoms with Gasteiger partial charge in [0.05, 0.1) is 5.25 Å². The van der Waals surface area contributed by atoms with Crippen molar-refractivity contribution in [1.29, 1.82) is 0 Å². The minimum atomic E-state index is -0.396. The monoisotopic (exact) mass is 388 g/mol. The molecule has 1 saturated carbocycles. The molecule has 1 aliphatic carbocycles. The largest absolute Gasteiger partial charge is 0.335 e. The Balaban J connectivity index is 1.73. The fourth-order valence-corrected chi connectivity index (χ4v) is 5.64. The van der Waals surface area contributed by atoms with E-state index >= 15 is 0 Å². The fourth-order valence-electron chi connectivity index (χ4n) is 2.32. The zero-order valence-electron chi connectivity index (χ0n) is 14.0. The molecule has 134 valence electrons. The van der Waals surface area contributed by atoms with Gasteiger partial charge in [0.25, 0.3) is 0 Å². The summed E-state index contributed by atoms with van der Waals surface area (Å²) in [5.74, 6) is 0.735. The van der Waals surface area contributed by atoms with Crippen LogP contribution in [0, 0.1) is 0 Å². The summed E-state index contributed by atoms with van der Waals surface area (Å²) in [4.78, 5) is 23.9. The maximum absolute atomic E-state index is 12.1. The predicted molar refractivity (Wildman–Crippen MR) is 99.8 cm³/mol. The molecule has 1 aromatic heterocycles. The average molecular weight is 389 g/mol. The van der Waals surface area contributed by atoms with Crippen LogP contribution in [0.1, 0.15) is 52.4 Å². The first-order valence-corrected chi connectivity index (χ1v) is 11.0. The Kier molecular flexibility index (Phi) is 8.34. The first kappa shape index (κ1) is 19.5. The molecule has 0 aromatic carbocycles. The Hall–Kier alpha value is -0.800. The number of imide groups is 1.